The molecule has 2 unspecified atom stereocenters. The summed E-state index contributed by atoms with van der Waals surface area (Å²) in [6, 6.07) is 0. The largest absolute Gasteiger partial charge is 0.391 e. The summed E-state index contributed by atoms with van der Waals surface area (Å²) in [6.07, 6.45) is 2.67. The molecular weight excluding hydrogens is 218 g/mol. The van der Waals surface area contributed by atoms with Crippen molar-refractivity contribution in [1.82, 2.24) is 15.3 Å². The number of aryl methyl sites for hydroxylation is 1. The second kappa shape index (κ2) is 6.39. The zero-order valence-electron chi connectivity index (χ0n) is 10.7. The number of nitrogens with one attached hydrogen (secondary N) is 2. The topological polar surface area (TPSA) is 78.0 Å². The molecule has 0 radical (unpaired) electrons. The molecule has 0 spiro atoms. The van der Waals surface area contributed by atoms with Gasteiger partial charge in [-0.1, -0.05) is 27.2 Å². The predicted molar refractivity (Wildman–Crippen MR) is 65.8 cm³/mol. The van der Waals surface area contributed by atoms with E-state index < -0.39 is 6.10 Å². The molecule has 1 amide bonds. The number of aromatic amines is 1. The number of amides is 1. The monoisotopic (exact) mass is 239 g/mol. The van der Waals surface area contributed by atoms with Gasteiger partial charge in [-0.05, 0) is 5.92 Å². The number of aliphatic hydroxyl groups excluding tert-OH is 1. The lowest BCUT2D eigenvalue weighted by molar-refractivity contribution is 0.0846. The molecular formula is C12H21N3O2. The highest BCUT2D eigenvalue weighted by Gasteiger charge is 2.15. The van der Waals surface area contributed by atoms with Gasteiger partial charge in [-0.15, -0.1) is 0 Å². The minimum Gasteiger partial charge on any atom is -0.391 e. The van der Waals surface area contributed by atoms with Crippen molar-refractivity contribution >= 4 is 5.91 Å². The van der Waals surface area contributed by atoms with Crippen molar-refractivity contribution in [2.45, 2.75) is 39.7 Å². The fraction of sp³-hybridized carbons (Fsp3) is 0.667. The Bertz CT molecular complexity index is 362. The lowest BCUT2D eigenvalue weighted by Gasteiger charge is -2.17. The van der Waals surface area contributed by atoms with Crippen molar-refractivity contribution in [1.29, 1.82) is 0 Å². The maximum atomic E-state index is 11.7. The van der Waals surface area contributed by atoms with Crippen molar-refractivity contribution in [2.24, 2.45) is 5.92 Å². The molecule has 0 saturated heterocycles. The van der Waals surface area contributed by atoms with Crippen LogP contribution in [0.5, 0.6) is 0 Å². The van der Waals surface area contributed by atoms with Gasteiger partial charge in [0.1, 0.15) is 11.5 Å². The van der Waals surface area contributed by atoms with Crippen molar-refractivity contribution in [3.63, 3.8) is 0 Å². The highest BCUT2D eigenvalue weighted by molar-refractivity contribution is 5.92. The van der Waals surface area contributed by atoms with Crippen LogP contribution in [-0.2, 0) is 6.42 Å². The van der Waals surface area contributed by atoms with Gasteiger partial charge in [0.05, 0.1) is 12.3 Å². The summed E-state index contributed by atoms with van der Waals surface area (Å²) in [7, 11) is 0. The van der Waals surface area contributed by atoms with Gasteiger partial charge in [-0.2, -0.15) is 0 Å². The van der Waals surface area contributed by atoms with Crippen LogP contribution < -0.4 is 5.32 Å². The smallest absolute Gasteiger partial charge is 0.269 e. The SMILES string of the molecule is CCc1ncc(C(=O)NCC(O)C(C)CC)[nH]1. The van der Waals surface area contributed by atoms with E-state index in [0.717, 1.165) is 18.7 Å². The van der Waals surface area contributed by atoms with Crippen LogP contribution in [0.2, 0.25) is 0 Å². The first kappa shape index (κ1) is 13.7. The quantitative estimate of drug-likeness (QED) is 0.696. The predicted octanol–water partition coefficient (Wildman–Crippen LogP) is 1.11. The molecule has 96 valence electrons. The molecule has 0 aliphatic carbocycles. The normalized spacial score (nSPS) is 14.4. The standard InChI is InChI=1S/C12H21N3O2/c1-4-8(3)10(16)7-14-12(17)9-6-13-11(5-2)15-9/h6,8,10,16H,4-5,7H2,1-3H3,(H,13,15)(H,14,17). The molecule has 3 N–H and O–H groups in total. The minimum atomic E-state index is -0.502. The van der Waals surface area contributed by atoms with Crippen LogP contribution in [0.15, 0.2) is 6.20 Å². The first-order valence-corrected chi connectivity index (χ1v) is 6.08. The third-order valence-electron chi connectivity index (χ3n) is 2.98. The Hall–Kier alpha value is -1.36. The first-order chi connectivity index (χ1) is 8.08. The average Bonchev–Trinajstić information content (AvgIpc) is 2.83. The molecule has 0 bridgehead atoms. The van der Waals surface area contributed by atoms with E-state index in [-0.39, 0.29) is 18.4 Å². The molecule has 5 heteroatoms. The first-order valence-electron chi connectivity index (χ1n) is 6.08. The molecule has 1 aromatic rings. The van der Waals surface area contributed by atoms with Crippen LogP contribution in [0.4, 0.5) is 0 Å². The highest BCUT2D eigenvalue weighted by atomic mass is 16.3. The molecule has 1 aromatic heterocycles. The summed E-state index contributed by atoms with van der Waals surface area (Å²) in [4.78, 5) is 18.7. The number of H-pyrrole nitrogens is 1. The Morgan fingerprint density at radius 3 is 2.82 bits per heavy atom. The van der Waals surface area contributed by atoms with Crippen LogP contribution in [0.1, 0.15) is 43.5 Å². The molecule has 0 aliphatic heterocycles. The fourth-order valence-electron chi connectivity index (χ4n) is 1.42. The van der Waals surface area contributed by atoms with Gasteiger partial charge in [-0.3, -0.25) is 4.79 Å². The molecule has 1 heterocycles. The summed E-state index contributed by atoms with van der Waals surface area (Å²) in [5.74, 6) is 0.750. The van der Waals surface area contributed by atoms with Crippen LogP contribution in [0, 0.1) is 5.92 Å². The van der Waals surface area contributed by atoms with E-state index in [9.17, 15) is 9.90 Å². The van der Waals surface area contributed by atoms with Crippen molar-refractivity contribution in [2.75, 3.05) is 6.54 Å². The van der Waals surface area contributed by atoms with Gasteiger partial charge in [0, 0.05) is 13.0 Å². The minimum absolute atomic E-state index is 0.184. The van der Waals surface area contributed by atoms with Gasteiger partial charge in [0.2, 0.25) is 0 Å². The zero-order chi connectivity index (χ0) is 12.8. The lowest BCUT2D eigenvalue weighted by atomic mass is 10.0. The third-order valence-corrected chi connectivity index (χ3v) is 2.98. The van der Waals surface area contributed by atoms with Gasteiger partial charge >= 0.3 is 0 Å². The molecule has 17 heavy (non-hydrogen) atoms. The summed E-state index contributed by atoms with van der Waals surface area (Å²) in [6.45, 7) is 6.21. The van der Waals surface area contributed by atoms with E-state index in [1.165, 1.54) is 6.20 Å². The van der Waals surface area contributed by atoms with E-state index in [0.29, 0.717) is 5.69 Å². The molecule has 0 fully saturated rings. The number of aliphatic hydroxyl groups is 1. The van der Waals surface area contributed by atoms with Crippen molar-refractivity contribution in [3.8, 4) is 0 Å². The number of aromatic nitrogens is 2. The molecule has 0 aliphatic rings. The van der Waals surface area contributed by atoms with E-state index in [2.05, 4.69) is 15.3 Å². The van der Waals surface area contributed by atoms with E-state index in [1.807, 2.05) is 20.8 Å². The molecule has 0 aromatic carbocycles. The lowest BCUT2D eigenvalue weighted by Crippen LogP contribution is -2.35. The Balaban J connectivity index is 2.44. The molecule has 2 atom stereocenters. The van der Waals surface area contributed by atoms with Gasteiger partial charge in [0.15, 0.2) is 0 Å². The average molecular weight is 239 g/mol. The number of hydrogen-bond donors (Lipinski definition) is 3. The van der Waals surface area contributed by atoms with Crippen molar-refractivity contribution in [3.05, 3.63) is 17.7 Å². The Labute approximate surface area is 102 Å². The third kappa shape index (κ3) is 3.85. The maximum Gasteiger partial charge on any atom is 0.269 e. The molecule has 5 nitrogen and oxygen atoms in total. The summed E-state index contributed by atoms with van der Waals surface area (Å²) < 4.78 is 0. The highest BCUT2D eigenvalue weighted by Crippen LogP contribution is 2.06. The Morgan fingerprint density at radius 2 is 2.29 bits per heavy atom. The van der Waals surface area contributed by atoms with Crippen LogP contribution in [-0.4, -0.2) is 33.6 Å². The van der Waals surface area contributed by atoms with Crippen LogP contribution in [0.25, 0.3) is 0 Å². The van der Waals surface area contributed by atoms with Gasteiger partial charge < -0.3 is 15.4 Å². The van der Waals surface area contributed by atoms with Crippen LogP contribution in [0.3, 0.4) is 0 Å². The van der Waals surface area contributed by atoms with Crippen molar-refractivity contribution < 1.29 is 9.90 Å². The summed E-state index contributed by atoms with van der Waals surface area (Å²) in [5, 5.41) is 12.4. The Kier molecular flexibility index (Phi) is 5.15. The van der Waals surface area contributed by atoms with Crippen LogP contribution >= 0.6 is 0 Å². The maximum absolute atomic E-state index is 11.7. The summed E-state index contributed by atoms with van der Waals surface area (Å²) in [5.41, 5.74) is 0.443. The summed E-state index contributed by atoms with van der Waals surface area (Å²) >= 11 is 0. The fourth-order valence-corrected chi connectivity index (χ4v) is 1.42. The second-order valence-electron chi connectivity index (χ2n) is 4.26. The number of carbonyl (C=O) groups excluding carboxylic acids is 1. The van der Waals surface area contributed by atoms with E-state index >= 15 is 0 Å². The number of rotatable bonds is 6. The van der Waals surface area contributed by atoms with E-state index in [1.54, 1.807) is 0 Å². The van der Waals surface area contributed by atoms with E-state index in [4.69, 9.17) is 0 Å². The van der Waals surface area contributed by atoms with Gasteiger partial charge in [-0.25, -0.2) is 4.98 Å². The molecule has 0 saturated carbocycles. The molecule has 1 rings (SSSR count). The number of carbonyl (C=O) groups is 1. The van der Waals surface area contributed by atoms with Gasteiger partial charge in [0.25, 0.3) is 5.91 Å². The Morgan fingerprint density at radius 1 is 1.59 bits per heavy atom. The number of nitrogens with zero attached hydrogens (tertiary/aromatic N) is 1. The number of imidazole rings is 1. The second-order valence-corrected chi connectivity index (χ2v) is 4.26. The number of hydrogen-bond acceptors (Lipinski definition) is 3. The zero-order valence-corrected chi connectivity index (χ0v) is 10.7.